The SMILES string of the molecule is CC(C)/C(O)=C/C(=O)C(F)(F)F.Cc1cc(C2CCCC2)cc(C)c1-c1sc2c(-c3[c-]c4ccccc4c(C(C)(C)C)c3)ncc(C(F)(F)F)c2c1C.[Ir]. The fourth-order valence-electron chi connectivity index (χ4n) is 7.11. The van der Waals surface area contributed by atoms with Gasteiger partial charge in [0.15, 0.2) is 0 Å². The molecule has 0 spiro atoms. The van der Waals surface area contributed by atoms with Crippen LogP contribution in [0.25, 0.3) is 42.6 Å². The molecule has 1 saturated carbocycles. The second-order valence-electron chi connectivity index (χ2n) is 15.3. The predicted octanol–water partition coefficient (Wildman–Crippen LogP) is 13.7. The maximum atomic E-state index is 14.4. The third-order valence-electron chi connectivity index (χ3n) is 9.86. The summed E-state index contributed by atoms with van der Waals surface area (Å²) in [7, 11) is 0. The first kappa shape index (κ1) is 43.2. The van der Waals surface area contributed by atoms with E-state index < -0.39 is 35.4 Å². The van der Waals surface area contributed by atoms with Crippen molar-refractivity contribution in [2.45, 2.75) is 105 Å². The number of ketones is 1. The third-order valence-corrected chi connectivity index (χ3v) is 11.2. The Balaban J connectivity index is 0.000000433. The molecule has 2 aromatic heterocycles. The largest absolute Gasteiger partial charge is 0.512 e. The molecule has 0 unspecified atom stereocenters. The number of carbonyl (C=O) groups is 1. The number of halogens is 6. The summed E-state index contributed by atoms with van der Waals surface area (Å²) in [5, 5.41) is 11.1. The monoisotopic (exact) mass is 945 g/mol. The van der Waals surface area contributed by atoms with Crippen molar-refractivity contribution in [1.29, 1.82) is 0 Å². The number of aryl methyl sites for hydroxylation is 3. The van der Waals surface area contributed by atoms with Crippen LogP contribution in [-0.2, 0) is 36.5 Å². The van der Waals surface area contributed by atoms with Gasteiger partial charge < -0.3 is 5.11 Å². The smallest absolute Gasteiger partial charge is 0.454 e. The van der Waals surface area contributed by atoms with Crippen molar-refractivity contribution in [3.63, 3.8) is 0 Å². The summed E-state index contributed by atoms with van der Waals surface area (Å²) in [6.45, 7) is 15.5. The number of aromatic nitrogens is 1. The number of pyridine rings is 1. The molecule has 11 heteroatoms. The van der Waals surface area contributed by atoms with E-state index in [2.05, 4.69) is 69.9 Å². The number of thiophene rings is 1. The molecule has 0 bridgehead atoms. The number of alkyl halides is 6. The average molecular weight is 945 g/mol. The summed E-state index contributed by atoms with van der Waals surface area (Å²) in [5.41, 5.74) is 6.88. The van der Waals surface area contributed by atoms with Crippen molar-refractivity contribution < 1.29 is 56.3 Å². The summed E-state index contributed by atoms with van der Waals surface area (Å²) >= 11 is 1.43. The van der Waals surface area contributed by atoms with Crippen LogP contribution in [0.15, 0.2) is 60.5 Å². The van der Waals surface area contributed by atoms with Gasteiger partial charge in [0.25, 0.3) is 5.78 Å². The molecule has 1 fully saturated rings. The molecule has 5 aromatic rings. The van der Waals surface area contributed by atoms with Crippen LogP contribution in [0.1, 0.15) is 99.6 Å². The maximum Gasteiger partial charge on any atom is 0.454 e. The number of allylic oxidation sites excluding steroid dienone is 2. The Labute approximate surface area is 330 Å². The minimum atomic E-state index is -4.90. The number of fused-ring (bicyclic) bond motifs is 2. The third kappa shape index (κ3) is 9.11. The number of benzene rings is 3. The van der Waals surface area contributed by atoms with Crippen molar-refractivity contribution in [1.82, 2.24) is 4.98 Å². The van der Waals surface area contributed by atoms with Crippen LogP contribution in [0.2, 0.25) is 0 Å². The molecular weight excluding hydrogens is 901 g/mol. The number of carbonyl (C=O) groups excluding carboxylic acids is 1. The minimum absolute atomic E-state index is 0. The summed E-state index contributed by atoms with van der Waals surface area (Å²) in [6, 6.07) is 18.2. The number of hydrogen-bond acceptors (Lipinski definition) is 4. The van der Waals surface area contributed by atoms with Crippen molar-refractivity contribution in [3.05, 3.63) is 99.9 Å². The van der Waals surface area contributed by atoms with Crippen LogP contribution in [-0.4, -0.2) is 22.1 Å². The zero-order chi connectivity index (χ0) is 39.2. The van der Waals surface area contributed by atoms with Crippen molar-refractivity contribution in [2.75, 3.05) is 0 Å². The summed E-state index contributed by atoms with van der Waals surface area (Å²) in [6.07, 6.45) is -3.24. The molecule has 6 rings (SSSR count). The molecule has 0 amide bonds. The second kappa shape index (κ2) is 16.3. The van der Waals surface area contributed by atoms with Gasteiger partial charge in [0.2, 0.25) is 0 Å². The second-order valence-corrected chi connectivity index (χ2v) is 16.3. The van der Waals surface area contributed by atoms with Gasteiger partial charge in [0.05, 0.1) is 11.3 Å². The van der Waals surface area contributed by atoms with Crippen LogP contribution in [0.4, 0.5) is 26.3 Å². The van der Waals surface area contributed by atoms with Crippen LogP contribution in [0.3, 0.4) is 0 Å². The van der Waals surface area contributed by atoms with Crippen molar-refractivity contribution >= 4 is 38.0 Å². The Morgan fingerprint density at radius 1 is 0.944 bits per heavy atom. The molecule has 54 heavy (non-hydrogen) atoms. The van der Waals surface area contributed by atoms with Crippen LogP contribution < -0.4 is 0 Å². The van der Waals surface area contributed by atoms with E-state index in [9.17, 15) is 31.1 Å². The Morgan fingerprint density at radius 3 is 2.07 bits per heavy atom. The number of aliphatic hydroxyl groups is 1. The maximum absolute atomic E-state index is 14.4. The first-order valence-corrected chi connectivity index (χ1v) is 18.5. The van der Waals surface area contributed by atoms with E-state index in [1.54, 1.807) is 0 Å². The van der Waals surface area contributed by atoms with Crippen LogP contribution in [0.5, 0.6) is 0 Å². The van der Waals surface area contributed by atoms with E-state index >= 15 is 0 Å². The Bertz CT molecular complexity index is 2180. The molecule has 1 N–H and O–H groups in total. The topological polar surface area (TPSA) is 50.2 Å². The zero-order valence-corrected chi connectivity index (χ0v) is 34.7. The normalized spacial score (nSPS) is 14.4. The van der Waals surface area contributed by atoms with E-state index in [1.165, 1.54) is 56.4 Å². The van der Waals surface area contributed by atoms with Gasteiger partial charge in [0, 0.05) is 59.0 Å². The molecule has 3 aromatic carbocycles. The molecule has 291 valence electrons. The summed E-state index contributed by atoms with van der Waals surface area (Å²) in [4.78, 5) is 15.6. The van der Waals surface area contributed by atoms with Gasteiger partial charge >= 0.3 is 12.4 Å². The van der Waals surface area contributed by atoms with Gasteiger partial charge in [-0.05, 0) is 72.8 Å². The average Bonchev–Trinajstić information content (AvgIpc) is 3.71. The van der Waals surface area contributed by atoms with Gasteiger partial charge in [-0.25, -0.2) is 0 Å². The first-order valence-electron chi connectivity index (χ1n) is 17.7. The van der Waals surface area contributed by atoms with Crippen LogP contribution in [0, 0.1) is 32.8 Å². The quantitative estimate of drug-likeness (QED) is 0.0827. The zero-order valence-electron chi connectivity index (χ0n) is 31.5. The fourth-order valence-corrected chi connectivity index (χ4v) is 8.62. The molecule has 0 aliphatic heterocycles. The molecular formula is C43H44F6IrNO2S-. The summed E-state index contributed by atoms with van der Waals surface area (Å²) in [5.74, 6) is -2.49. The summed E-state index contributed by atoms with van der Waals surface area (Å²) < 4.78 is 78.5. The Hall–Kier alpha value is -3.53. The molecule has 0 atom stereocenters. The van der Waals surface area contributed by atoms with Crippen LogP contribution >= 0.6 is 11.3 Å². The standard InChI is InChI=1S/C36H35F3NS.C7H9F3O2.Ir/c1-20-15-25(23-11-7-8-12-23)16-21(2)30(20)33-22(3)31-29(36(37,38)39)19-40-32(34(31)41-33)26-17-24-13-9-10-14-27(24)28(18-26)35(4,5)6;1-4(2)5(11)3-6(12)7(8,9)10;/h9-10,13-16,18-19,23H,7-8,11-12H2,1-6H3;3-4,11H,1-2H3;/q-1;;/b;5-3-;. The Morgan fingerprint density at radius 2 is 1.54 bits per heavy atom. The van der Waals surface area contributed by atoms with E-state index in [1.807, 2.05) is 25.1 Å². The molecule has 0 saturated heterocycles. The van der Waals surface area contributed by atoms with E-state index in [0.29, 0.717) is 21.9 Å². The molecule has 1 radical (unpaired) electrons. The number of aliphatic hydroxyl groups excluding tert-OH is 1. The minimum Gasteiger partial charge on any atom is -0.512 e. The van der Waals surface area contributed by atoms with Crippen molar-refractivity contribution in [2.24, 2.45) is 5.92 Å². The van der Waals surface area contributed by atoms with E-state index in [0.717, 1.165) is 49.7 Å². The fraction of sp³-hybridized carbons (Fsp3) is 0.395. The van der Waals surface area contributed by atoms with Gasteiger partial charge in [0.1, 0.15) is 0 Å². The number of rotatable bonds is 5. The molecule has 1 aliphatic rings. The van der Waals surface area contributed by atoms with E-state index in [4.69, 9.17) is 5.11 Å². The Kier molecular flexibility index (Phi) is 13.0. The van der Waals surface area contributed by atoms with E-state index in [-0.39, 0.29) is 37.0 Å². The molecule has 2 heterocycles. The first-order chi connectivity index (χ1) is 24.6. The number of nitrogens with zero attached hydrogens (tertiary/aromatic N) is 1. The van der Waals surface area contributed by atoms with Gasteiger partial charge in [-0.15, -0.1) is 40.5 Å². The molecule has 3 nitrogen and oxygen atoms in total. The van der Waals surface area contributed by atoms with Gasteiger partial charge in [-0.2, -0.15) is 26.3 Å². The van der Waals surface area contributed by atoms with Gasteiger partial charge in [-0.1, -0.05) is 88.7 Å². The van der Waals surface area contributed by atoms with Gasteiger partial charge in [-0.3, -0.25) is 9.78 Å². The number of hydrogen-bond donors (Lipinski definition) is 1. The van der Waals surface area contributed by atoms with Crippen molar-refractivity contribution in [3.8, 4) is 21.7 Å². The predicted molar refractivity (Wildman–Crippen MR) is 203 cm³/mol. The molecule has 1 aliphatic carbocycles.